The number of rotatable bonds is 7. The van der Waals surface area contributed by atoms with Crippen molar-refractivity contribution in [3.63, 3.8) is 0 Å². The number of nitrogens with zero attached hydrogens (tertiary/aromatic N) is 2. The quantitative estimate of drug-likeness (QED) is 0.717. The van der Waals surface area contributed by atoms with Gasteiger partial charge >= 0.3 is 0 Å². The fraction of sp³-hybridized carbons (Fsp3) is 0.500. The number of pyridine rings is 1. The molecular weight excluding hydrogens is 386 g/mol. The van der Waals surface area contributed by atoms with Gasteiger partial charge in [-0.1, -0.05) is 38.1 Å². The maximum Gasteiger partial charge on any atom is 0.228 e. The first kappa shape index (κ1) is 23.0. The van der Waals surface area contributed by atoms with Gasteiger partial charge in [0, 0.05) is 37.9 Å². The van der Waals surface area contributed by atoms with Gasteiger partial charge in [0.05, 0.1) is 5.41 Å². The summed E-state index contributed by atoms with van der Waals surface area (Å²) in [4.78, 5) is 32.4. The van der Waals surface area contributed by atoms with Gasteiger partial charge in [-0.05, 0) is 67.9 Å². The molecule has 5 heteroatoms. The number of carbonyl (C=O) groups is 2. The fourth-order valence-electron chi connectivity index (χ4n) is 4.50. The fourth-order valence-corrected chi connectivity index (χ4v) is 4.50. The number of carbonyl (C=O) groups excluding carboxylic acids is 2. The lowest BCUT2D eigenvalue weighted by Crippen LogP contribution is -2.55. The Bertz CT molecular complexity index is 895. The molecule has 1 aromatic heterocycles. The molecule has 31 heavy (non-hydrogen) atoms. The van der Waals surface area contributed by atoms with Gasteiger partial charge in [0.2, 0.25) is 11.8 Å². The molecule has 1 atom stereocenters. The van der Waals surface area contributed by atoms with Crippen molar-refractivity contribution >= 4 is 11.8 Å². The molecule has 0 saturated carbocycles. The van der Waals surface area contributed by atoms with E-state index in [1.54, 1.807) is 12.4 Å². The van der Waals surface area contributed by atoms with E-state index >= 15 is 0 Å². The van der Waals surface area contributed by atoms with E-state index in [1.165, 1.54) is 0 Å². The highest BCUT2D eigenvalue weighted by atomic mass is 16.2. The molecule has 1 N–H and O–H groups in total. The van der Waals surface area contributed by atoms with Crippen molar-refractivity contribution in [2.24, 2.45) is 11.3 Å². The highest BCUT2D eigenvalue weighted by molar-refractivity contribution is 5.85. The Morgan fingerprint density at radius 1 is 1.10 bits per heavy atom. The van der Waals surface area contributed by atoms with Crippen LogP contribution in [0.4, 0.5) is 0 Å². The summed E-state index contributed by atoms with van der Waals surface area (Å²) in [6.07, 6.45) is 6.33. The molecule has 166 valence electrons. The van der Waals surface area contributed by atoms with Crippen LogP contribution in [0.1, 0.15) is 52.5 Å². The SMILES string of the molecule is CC(C)CC(=O)N1CCCC(Cc2ccccc2-c2ccncc2)(C(=O)NC(C)C)C1. The van der Waals surface area contributed by atoms with Crippen molar-refractivity contribution in [2.45, 2.75) is 59.4 Å². The van der Waals surface area contributed by atoms with Crippen molar-refractivity contribution in [3.05, 3.63) is 54.4 Å². The van der Waals surface area contributed by atoms with Gasteiger partial charge in [-0.15, -0.1) is 0 Å². The minimum atomic E-state index is -0.627. The Morgan fingerprint density at radius 2 is 1.81 bits per heavy atom. The Labute approximate surface area is 186 Å². The van der Waals surface area contributed by atoms with Crippen LogP contribution in [0.5, 0.6) is 0 Å². The van der Waals surface area contributed by atoms with Crippen molar-refractivity contribution in [1.29, 1.82) is 0 Å². The summed E-state index contributed by atoms with van der Waals surface area (Å²) in [7, 11) is 0. The monoisotopic (exact) mass is 421 g/mol. The van der Waals surface area contributed by atoms with Gasteiger partial charge in [-0.2, -0.15) is 0 Å². The lowest BCUT2D eigenvalue weighted by atomic mass is 9.73. The first-order valence-corrected chi connectivity index (χ1v) is 11.4. The van der Waals surface area contributed by atoms with E-state index in [1.807, 2.05) is 43.0 Å². The molecule has 2 amide bonds. The largest absolute Gasteiger partial charge is 0.353 e. The van der Waals surface area contributed by atoms with E-state index in [9.17, 15) is 9.59 Å². The summed E-state index contributed by atoms with van der Waals surface area (Å²) in [6, 6.07) is 12.3. The maximum atomic E-state index is 13.5. The minimum absolute atomic E-state index is 0.0501. The van der Waals surface area contributed by atoms with E-state index in [4.69, 9.17) is 0 Å². The molecule has 0 bridgehead atoms. The van der Waals surface area contributed by atoms with Crippen molar-refractivity contribution in [1.82, 2.24) is 15.2 Å². The molecule has 2 aromatic rings. The van der Waals surface area contributed by atoms with Gasteiger partial charge in [-0.25, -0.2) is 0 Å². The number of piperidine rings is 1. The molecule has 2 heterocycles. The topological polar surface area (TPSA) is 62.3 Å². The van der Waals surface area contributed by atoms with Crippen LogP contribution in [0.2, 0.25) is 0 Å². The summed E-state index contributed by atoms with van der Waals surface area (Å²) in [5.41, 5.74) is 2.71. The van der Waals surface area contributed by atoms with Crippen LogP contribution in [-0.2, 0) is 16.0 Å². The van der Waals surface area contributed by atoms with Crippen LogP contribution < -0.4 is 5.32 Å². The lowest BCUT2D eigenvalue weighted by Gasteiger charge is -2.42. The predicted octanol–water partition coefficient (Wildman–Crippen LogP) is 4.47. The molecule has 0 radical (unpaired) electrons. The van der Waals surface area contributed by atoms with Gasteiger partial charge < -0.3 is 10.2 Å². The van der Waals surface area contributed by atoms with E-state index in [0.717, 1.165) is 36.1 Å². The summed E-state index contributed by atoms with van der Waals surface area (Å²) in [5, 5.41) is 3.15. The third-order valence-corrected chi connectivity index (χ3v) is 5.95. The third kappa shape index (κ3) is 5.72. The van der Waals surface area contributed by atoms with E-state index < -0.39 is 5.41 Å². The first-order valence-electron chi connectivity index (χ1n) is 11.4. The second-order valence-electron chi connectivity index (χ2n) is 9.50. The summed E-state index contributed by atoms with van der Waals surface area (Å²) < 4.78 is 0. The van der Waals surface area contributed by atoms with Crippen LogP contribution in [0.15, 0.2) is 48.8 Å². The highest BCUT2D eigenvalue weighted by Crippen LogP contribution is 2.37. The molecule has 1 unspecified atom stereocenters. The van der Waals surface area contributed by atoms with Crippen LogP contribution in [0.25, 0.3) is 11.1 Å². The maximum absolute atomic E-state index is 13.5. The van der Waals surface area contributed by atoms with E-state index in [2.05, 4.69) is 36.3 Å². The number of likely N-dealkylation sites (tertiary alicyclic amines) is 1. The zero-order valence-electron chi connectivity index (χ0n) is 19.2. The first-order chi connectivity index (χ1) is 14.8. The summed E-state index contributed by atoms with van der Waals surface area (Å²) in [6.45, 7) is 9.30. The Morgan fingerprint density at radius 3 is 2.48 bits per heavy atom. The van der Waals surface area contributed by atoms with E-state index in [-0.39, 0.29) is 17.9 Å². The van der Waals surface area contributed by atoms with Crippen LogP contribution in [-0.4, -0.2) is 40.8 Å². The standard InChI is InChI=1S/C26H35N3O2/c1-19(2)16-24(30)29-15-7-12-26(18-29,25(31)28-20(3)4)17-22-8-5-6-9-23(22)21-10-13-27-14-11-21/h5-6,8-11,13-14,19-20H,7,12,15-18H2,1-4H3,(H,28,31). The molecule has 3 rings (SSSR count). The zero-order chi connectivity index (χ0) is 22.4. The Hall–Kier alpha value is -2.69. The highest BCUT2D eigenvalue weighted by Gasteiger charge is 2.44. The van der Waals surface area contributed by atoms with Crippen LogP contribution >= 0.6 is 0 Å². The molecule has 0 aliphatic carbocycles. The number of aromatic nitrogens is 1. The number of hydrogen-bond acceptors (Lipinski definition) is 3. The molecule has 5 nitrogen and oxygen atoms in total. The number of amides is 2. The van der Waals surface area contributed by atoms with Gasteiger partial charge in [0.25, 0.3) is 0 Å². The molecule has 1 fully saturated rings. The molecule has 1 aliphatic rings. The Balaban J connectivity index is 1.96. The third-order valence-electron chi connectivity index (χ3n) is 5.95. The molecule has 1 saturated heterocycles. The number of nitrogens with one attached hydrogen (secondary N) is 1. The normalized spacial score (nSPS) is 19.0. The second kappa shape index (κ2) is 10.1. The average molecular weight is 422 g/mol. The van der Waals surface area contributed by atoms with E-state index in [0.29, 0.717) is 25.3 Å². The van der Waals surface area contributed by atoms with Gasteiger partial charge in [0.15, 0.2) is 0 Å². The van der Waals surface area contributed by atoms with Gasteiger partial charge in [0.1, 0.15) is 0 Å². The molecule has 0 spiro atoms. The lowest BCUT2D eigenvalue weighted by molar-refractivity contribution is -0.142. The molecular formula is C26H35N3O2. The minimum Gasteiger partial charge on any atom is -0.353 e. The predicted molar refractivity (Wildman–Crippen MR) is 124 cm³/mol. The average Bonchev–Trinajstić information content (AvgIpc) is 2.74. The van der Waals surface area contributed by atoms with Crippen molar-refractivity contribution in [2.75, 3.05) is 13.1 Å². The van der Waals surface area contributed by atoms with Crippen molar-refractivity contribution < 1.29 is 9.59 Å². The van der Waals surface area contributed by atoms with Crippen LogP contribution in [0.3, 0.4) is 0 Å². The van der Waals surface area contributed by atoms with Crippen LogP contribution in [0, 0.1) is 11.3 Å². The second-order valence-corrected chi connectivity index (χ2v) is 9.50. The smallest absolute Gasteiger partial charge is 0.228 e. The summed E-state index contributed by atoms with van der Waals surface area (Å²) >= 11 is 0. The van der Waals surface area contributed by atoms with Gasteiger partial charge in [-0.3, -0.25) is 14.6 Å². The number of benzene rings is 1. The molecule has 1 aliphatic heterocycles. The van der Waals surface area contributed by atoms with Crippen molar-refractivity contribution in [3.8, 4) is 11.1 Å². The number of hydrogen-bond donors (Lipinski definition) is 1. The Kier molecular flexibility index (Phi) is 7.47. The molecule has 1 aromatic carbocycles. The zero-order valence-corrected chi connectivity index (χ0v) is 19.2. The summed E-state index contributed by atoms with van der Waals surface area (Å²) in [5.74, 6) is 0.508.